The molecule has 0 saturated heterocycles. The van der Waals surface area contributed by atoms with Gasteiger partial charge in [-0.2, -0.15) is 0 Å². The molecule has 0 amide bonds. The lowest BCUT2D eigenvalue weighted by Gasteiger charge is -2.00. The van der Waals surface area contributed by atoms with Crippen LogP contribution in [0.2, 0.25) is 0 Å². The van der Waals surface area contributed by atoms with Crippen molar-refractivity contribution in [1.29, 1.82) is 0 Å². The molecule has 0 aliphatic carbocycles. The first-order chi connectivity index (χ1) is 3.46. The van der Waals surface area contributed by atoms with Crippen LogP contribution in [0.25, 0.3) is 0 Å². The third-order valence-corrected chi connectivity index (χ3v) is 0. The molecule has 0 heterocycles. The van der Waals surface area contributed by atoms with Crippen molar-refractivity contribution in [1.82, 2.24) is 0 Å². The highest BCUT2D eigenvalue weighted by Crippen LogP contribution is 0.929. The van der Waals surface area contributed by atoms with Crippen LogP contribution >= 0.6 is 0 Å². The van der Waals surface area contributed by atoms with E-state index in [0.29, 0.717) is 0 Å². The van der Waals surface area contributed by atoms with Crippen LogP contribution in [0.5, 0.6) is 0 Å². The molecule has 0 aromatic rings. The normalized spacial score (nSPS) is 5.33. The topological polar surface area (TPSA) is 155 Å². The Hall–Kier alpha value is -1.11. The van der Waals surface area contributed by atoms with Crippen LogP contribution in [0.4, 0.5) is 0 Å². The van der Waals surface area contributed by atoms with Crippen molar-refractivity contribution in [2.24, 2.45) is 22.9 Å². The molecule has 0 fully saturated rings. The van der Waals surface area contributed by atoms with Gasteiger partial charge in [0.25, 0.3) is 0 Å². The van der Waals surface area contributed by atoms with Crippen LogP contribution in [0.15, 0.2) is 0 Å². The summed E-state index contributed by atoms with van der Waals surface area (Å²) in [5, 5.41) is 9.17. The maximum absolute atomic E-state index is 4.58. The monoisotopic (exact) mass is 152 g/mol. The van der Waals surface area contributed by atoms with E-state index in [4.69, 9.17) is 0 Å². The lowest BCUT2D eigenvalue weighted by atomic mass is 11.1. The first-order valence-electron chi connectivity index (χ1n) is 1.73. The van der Waals surface area contributed by atoms with Gasteiger partial charge in [0.05, 0.1) is 0 Å². The molecule has 56 valence electrons. The van der Waals surface area contributed by atoms with Crippen molar-refractivity contribution in [3.05, 3.63) is 0 Å². The van der Waals surface area contributed by atoms with Gasteiger partial charge in [-0.05, 0) is 0 Å². The maximum Gasteiger partial charge on any atom is 0.336 e. The van der Waals surface area contributed by atoms with E-state index in [-0.39, 0.29) is 25.4 Å². The quantitative estimate of drug-likeness (QED) is 0.151. The van der Waals surface area contributed by atoms with E-state index < -0.39 is 0 Å². The summed E-state index contributed by atoms with van der Waals surface area (Å²) in [6.07, 6.45) is 0. The number of guanidine groups is 2. The SMILES string of the molecule is NC(N)=[NH2+].NC(N)=[NH2+].[S-2]. The van der Waals surface area contributed by atoms with Crippen molar-refractivity contribution in [2.45, 2.75) is 0 Å². The third-order valence-electron chi connectivity index (χ3n) is 0. The molecular formula is C2H12N6S. The van der Waals surface area contributed by atoms with Crippen molar-refractivity contribution in [3.63, 3.8) is 0 Å². The highest BCUT2D eigenvalue weighted by molar-refractivity contribution is 7.37. The van der Waals surface area contributed by atoms with Crippen LogP contribution in [-0.4, -0.2) is 11.9 Å². The van der Waals surface area contributed by atoms with Gasteiger partial charge in [0, 0.05) is 0 Å². The minimum Gasteiger partial charge on any atom is -2.00 e. The Balaban J connectivity index is -0.0000000720. The zero-order valence-electron chi connectivity index (χ0n) is 4.87. The molecule has 0 aliphatic heterocycles. The lowest BCUT2D eigenvalue weighted by molar-refractivity contribution is -0.117. The highest BCUT2D eigenvalue weighted by Gasteiger charge is 1.64. The Kier molecular flexibility index (Phi) is 17.4. The molecular weight excluding hydrogens is 140 g/mol. The molecule has 0 radical (unpaired) electrons. The van der Waals surface area contributed by atoms with Crippen LogP contribution in [0, 0.1) is 0 Å². The summed E-state index contributed by atoms with van der Waals surface area (Å²) >= 11 is 0. The van der Waals surface area contributed by atoms with Crippen molar-refractivity contribution in [3.8, 4) is 0 Å². The van der Waals surface area contributed by atoms with E-state index in [1.165, 1.54) is 0 Å². The molecule has 0 aromatic heterocycles. The summed E-state index contributed by atoms with van der Waals surface area (Å²) in [5.74, 6) is -0.167. The molecule has 0 aliphatic rings. The number of hydrogen-bond acceptors (Lipinski definition) is 0. The number of hydrogen-bond donors (Lipinski definition) is 6. The second-order valence-electron chi connectivity index (χ2n) is 1.00. The average molecular weight is 152 g/mol. The van der Waals surface area contributed by atoms with Crippen LogP contribution in [0.3, 0.4) is 0 Å². The van der Waals surface area contributed by atoms with Gasteiger partial charge < -0.3 is 13.5 Å². The number of rotatable bonds is 0. The van der Waals surface area contributed by atoms with E-state index in [0.717, 1.165) is 0 Å². The zero-order chi connectivity index (χ0) is 7.15. The maximum atomic E-state index is 4.58. The fourth-order valence-corrected chi connectivity index (χ4v) is 0. The molecule has 9 heavy (non-hydrogen) atoms. The van der Waals surface area contributed by atoms with Crippen molar-refractivity contribution in [2.75, 3.05) is 0 Å². The molecule has 0 rings (SSSR count). The molecule has 0 atom stereocenters. The Morgan fingerprint density at radius 1 is 0.778 bits per heavy atom. The first-order valence-corrected chi connectivity index (χ1v) is 1.73. The number of nitrogens with two attached hydrogens (primary N) is 6. The van der Waals surface area contributed by atoms with Crippen molar-refractivity contribution >= 4 is 25.4 Å². The smallest absolute Gasteiger partial charge is 0.336 e. The van der Waals surface area contributed by atoms with Gasteiger partial charge in [0.2, 0.25) is 0 Å². The summed E-state index contributed by atoms with van der Waals surface area (Å²) in [6, 6.07) is 0. The Morgan fingerprint density at radius 2 is 0.778 bits per heavy atom. The lowest BCUT2D eigenvalue weighted by Crippen LogP contribution is -2.51. The van der Waals surface area contributed by atoms with Crippen molar-refractivity contribution < 1.29 is 10.8 Å². The van der Waals surface area contributed by atoms with Gasteiger partial charge in [0.15, 0.2) is 0 Å². The molecule has 0 unspecified atom stereocenters. The predicted molar refractivity (Wildman–Crippen MR) is 38.0 cm³/mol. The van der Waals surface area contributed by atoms with Gasteiger partial charge in [-0.3, -0.25) is 33.8 Å². The van der Waals surface area contributed by atoms with E-state index in [1.807, 2.05) is 0 Å². The van der Waals surface area contributed by atoms with Gasteiger partial charge in [-0.25, -0.2) is 0 Å². The average Bonchev–Trinajstić information content (AvgIpc) is 1.25. The fourth-order valence-electron chi connectivity index (χ4n) is 0. The summed E-state index contributed by atoms with van der Waals surface area (Å²) < 4.78 is 0. The summed E-state index contributed by atoms with van der Waals surface area (Å²) in [6.45, 7) is 0. The summed E-state index contributed by atoms with van der Waals surface area (Å²) in [5.41, 5.74) is 18.3. The Labute approximate surface area is 60.0 Å². The minimum absolute atomic E-state index is 0. The highest BCUT2D eigenvalue weighted by atomic mass is 32.1. The third kappa shape index (κ3) is 134. The summed E-state index contributed by atoms with van der Waals surface area (Å²) in [4.78, 5) is 0. The van der Waals surface area contributed by atoms with E-state index in [9.17, 15) is 0 Å². The second-order valence-corrected chi connectivity index (χ2v) is 1.00. The standard InChI is InChI=1S/2CH5N3.S/c2*2-1(3)4;/h2*(H5,2,3,4);/q;;-2/p+2. The van der Waals surface area contributed by atoms with E-state index in [2.05, 4.69) is 33.8 Å². The molecule has 7 heteroatoms. The van der Waals surface area contributed by atoms with E-state index >= 15 is 0 Å². The van der Waals surface area contributed by atoms with Crippen LogP contribution < -0.4 is 33.8 Å². The Morgan fingerprint density at radius 3 is 0.778 bits per heavy atom. The Bertz CT molecular complexity index is 69.1. The van der Waals surface area contributed by atoms with Gasteiger partial charge in [-0.1, -0.05) is 0 Å². The predicted octanol–water partition coefficient (Wildman–Crippen LogP) is -5.96. The molecule has 0 spiro atoms. The second kappa shape index (κ2) is 10.00. The molecule has 0 bridgehead atoms. The first kappa shape index (κ1) is 15.7. The largest absolute Gasteiger partial charge is 2.00 e. The minimum atomic E-state index is -0.0833. The zero-order valence-corrected chi connectivity index (χ0v) is 5.69. The van der Waals surface area contributed by atoms with Crippen LogP contribution in [0.1, 0.15) is 0 Å². The van der Waals surface area contributed by atoms with Gasteiger partial charge in [-0.15, -0.1) is 0 Å². The van der Waals surface area contributed by atoms with Gasteiger partial charge in [0.1, 0.15) is 0 Å². The van der Waals surface area contributed by atoms with Crippen LogP contribution in [-0.2, 0) is 13.5 Å². The molecule has 0 saturated carbocycles. The molecule has 0 aromatic carbocycles. The van der Waals surface area contributed by atoms with E-state index in [1.54, 1.807) is 0 Å². The fraction of sp³-hybridized carbons (Fsp3) is 0. The molecule has 6 nitrogen and oxygen atoms in total. The molecule has 12 N–H and O–H groups in total. The summed E-state index contributed by atoms with van der Waals surface area (Å²) in [7, 11) is 0. The van der Waals surface area contributed by atoms with Gasteiger partial charge >= 0.3 is 11.9 Å².